The molecule has 18 heavy (non-hydrogen) atoms. The number of hydrogen-bond donors (Lipinski definition) is 1. The second-order valence-electron chi connectivity index (χ2n) is 2.65. The molecule has 0 saturated heterocycles. The number of carbonyl (C=O) groups excluding carboxylic acids is 1. The maximum atomic E-state index is 10.8. The molecule has 0 aromatic carbocycles. The van der Waals surface area contributed by atoms with Crippen LogP contribution < -0.4 is 5.32 Å². The molecule has 1 aromatic rings. The smallest absolute Gasteiger partial charge is 0.223 e. The highest BCUT2D eigenvalue weighted by atomic mass is 32.1. The molecule has 4 heteroatoms. The highest BCUT2D eigenvalue weighted by Gasteiger charge is 2.06. The van der Waals surface area contributed by atoms with E-state index in [4.69, 9.17) is 0 Å². The number of rotatable bonds is 3. The summed E-state index contributed by atoms with van der Waals surface area (Å²) < 4.78 is 0. The lowest BCUT2D eigenvalue weighted by molar-refractivity contribution is -0.114. The summed E-state index contributed by atoms with van der Waals surface area (Å²) in [5, 5.41) is 3.26. The van der Waals surface area contributed by atoms with Gasteiger partial charge >= 0.3 is 0 Å². The lowest BCUT2D eigenvalue weighted by Gasteiger charge is -1.91. The van der Waals surface area contributed by atoms with Crippen LogP contribution in [0.5, 0.6) is 0 Å². The SMILES string of the molecule is C=Cc1sc(NC(C)=O)nc1/C=C\C.CC.CC. The summed E-state index contributed by atoms with van der Waals surface area (Å²) in [5.41, 5.74) is 0.844. The van der Waals surface area contributed by atoms with Crippen molar-refractivity contribution in [2.24, 2.45) is 0 Å². The third-order valence-corrected chi connectivity index (χ3v) is 2.46. The second kappa shape index (κ2) is 12.0. The molecule has 3 nitrogen and oxygen atoms in total. The normalized spacial score (nSPS) is 8.78. The fraction of sp³-hybridized carbons (Fsp3) is 0.429. The molecule has 1 N–H and O–H groups in total. The summed E-state index contributed by atoms with van der Waals surface area (Å²) in [6.45, 7) is 15.1. The minimum atomic E-state index is -0.110. The minimum absolute atomic E-state index is 0.110. The van der Waals surface area contributed by atoms with Crippen LogP contribution in [-0.4, -0.2) is 10.9 Å². The minimum Gasteiger partial charge on any atom is -0.302 e. The van der Waals surface area contributed by atoms with Gasteiger partial charge in [-0.25, -0.2) is 4.98 Å². The van der Waals surface area contributed by atoms with Crippen LogP contribution in [0.1, 0.15) is 52.1 Å². The van der Waals surface area contributed by atoms with Gasteiger partial charge in [-0.3, -0.25) is 4.79 Å². The summed E-state index contributed by atoms with van der Waals surface area (Å²) in [6, 6.07) is 0. The molecule has 0 unspecified atom stereocenters. The Balaban J connectivity index is 0. The first-order valence-electron chi connectivity index (χ1n) is 6.21. The van der Waals surface area contributed by atoms with Gasteiger partial charge in [0.15, 0.2) is 5.13 Å². The lowest BCUT2D eigenvalue weighted by Crippen LogP contribution is -2.04. The molecule has 0 bridgehead atoms. The largest absolute Gasteiger partial charge is 0.302 e. The molecule has 1 aromatic heterocycles. The number of nitrogens with zero attached hydrogens (tertiary/aromatic N) is 1. The van der Waals surface area contributed by atoms with Crippen LogP contribution >= 0.6 is 11.3 Å². The Morgan fingerprint density at radius 3 is 2.28 bits per heavy atom. The Labute approximate surface area is 115 Å². The van der Waals surface area contributed by atoms with E-state index < -0.39 is 0 Å². The second-order valence-corrected chi connectivity index (χ2v) is 3.68. The van der Waals surface area contributed by atoms with Crippen molar-refractivity contribution in [3.63, 3.8) is 0 Å². The molecule has 1 amide bonds. The Morgan fingerprint density at radius 1 is 1.33 bits per heavy atom. The van der Waals surface area contributed by atoms with Gasteiger partial charge in [-0.1, -0.05) is 51.7 Å². The Morgan fingerprint density at radius 2 is 1.89 bits per heavy atom. The Bertz CT molecular complexity index is 381. The highest BCUT2D eigenvalue weighted by molar-refractivity contribution is 7.16. The molecule has 1 rings (SSSR count). The van der Waals surface area contributed by atoms with Crippen molar-refractivity contribution in [3.05, 3.63) is 23.2 Å². The number of hydrogen-bond acceptors (Lipinski definition) is 3. The van der Waals surface area contributed by atoms with E-state index in [1.165, 1.54) is 18.3 Å². The zero-order valence-electron chi connectivity index (χ0n) is 12.2. The maximum absolute atomic E-state index is 10.8. The predicted molar refractivity (Wildman–Crippen MR) is 83.9 cm³/mol. The first-order valence-corrected chi connectivity index (χ1v) is 7.02. The van der Waals surface area contributed by atoms with Gasteiger partial charge < -0.3 is 5.32 Å². The summed E-state index contributed by atoms with van der Waals surface area (Å²) >= 11 is 1.42. The van der Waals surface area contributed by atoms with E-state index >= 15 is 0 Å². The molecular weight excluding hydrogens is 244 g/mol. The van der Waals surface area contributed by atoms with Crippen LogP contribution in [-0.2, 0) is 4.79 Å². The fourth-order valence-corrected chi connectivity index (χ4v) is 1.82. The molecular formula is C14H24N2OS. The van der Waals surface area contributed by atoms with E-state index in [1.54, 1.807) is 6.08 Å². The summed E-state index contributed by atoms with van der Waals surface area (Å²) in [5.74, 6) is -0.110. The van der Waals surface area contributed by atoms with Gasteiger partial charge in [0.1, 0.15) is 0 Å². The first kappa shape index (κ1) is 18.9. The number of carbonyl (C=O) groups is 1. The number of aromatic nitrogens is 1. The van der Waals surface area contributed by atoms with Crippen LogP contribution in [0.4, 0.5) is 5.13 Å². The molecule has 0 radical (unpaired) electrons. The van der Waals surface area contributed by atoms with E-state index in [0.717, 1.165) is 10.6 Å². The van der Waals surface area contributed by atoms with E-state index in [9.17, 15) is 4.79 Å². The van der Waals surface area contributed by atoms with Crippen molar-refractivity contribution in [3.8, 4) is 0 Å². The van der Waals surface area contributed by atoms with Gasteiger partial charge in [-0.2, -0.15) is 0 Å². The van der Waals surface area contributed by atoms with Gasteiger partial charge in [-0.05, 0) is 19.1 Å². The Hall–Kier alpha value is -1.42. The van der Waals surface area contributed by atoms with Crippen LogP contribution in [0.3, 0.4) is 0 Å². The van der Waals surface area contributed by atoms with Gasteiger partial charge in [0.2, 0.25) is 5.91 Å². The van der Waals surface area contributed by atoms with Gasteiger partial charge in [-0.15, -0.1) is 0 Å². The monoisotopic (exact) mass is 268 g/mol. The molecule has 0 aliphatic carbocycles. The van der Waals surface area contributed by atoms with Crippen molar-refractivity contribution in [1.82, 2.24) is 4.98 Å². The first-order chi connectivity index (χ1) is 8.67. The molecule has 0 saturated carbocycles. The number of amides is 1. The van der Waals surface area contributed by atoms with Gasteiger partial charge in [0.05, 0.1) is 10.6 Å². The predicted octanol–water partition coefficient (Wildman–Crippen LogP) is 4.83. The highest BCUT2D eigenvalue weighted by Crippen LogP contribution is 2.24. The number of nitrogens with one attached hydrogen (secondary N) is 1. The topological polar surface area (TPSA) is 42.0 Å². The number of anilines is 1. The number of allylic oxidation sites excluding steroid dienone is 1. The average molecular weight is 268 g/mol. The zero-order chi connectivity index (χ0) is 14.6. The van der Waals surface area contributed by atoms with Gasteiger partial charge in [0.25, 0.3) is 0 Å². The maximum Gasteiger partial charge on any atom is 0.223 e. The Kier molecular flexibility index (Phi) is 12.7. The summed E-state index contributed by atoms with van der Waals surface area (Å²) in [6.07, 6.45) is 5.52. The summed E-state index contributed by atoms with van der Waals surface area (Å²) in [4.78, 5) is 16.0. The zero-order valence-corrected chi connectivity index (χ0v) is 13.0. The standard InChI is InChI=1S/C10H12N2OS.2C2H6/c1-4-6-8-9(5-2)14-10(12-8)11-7(3)13;2*1-2/h4-6H,2H2,1,3H3,(H,11,12,13);2*1-2H3/b6-4-;;. The third-order valence-electron chi connectivity index (χ3n) is 1.47. The van der Waals surface area contributed by atoms with E-state index in [1.807, 2.05) is 46.8 Å². The molecule has 0 fully saturated rings. The molecule has 0 aliphatic rings. The lowest BCUT2D eigenvalue weighted by atomic mass is 10.3. The van der Waals surface area contributed by atoms with E-state index in [0.29, 0.717) is 5.13 Å². The quantitative estimate of drug-likeness (QED) is 0.853. The molecule has 0 atom stereocenters. The van der Waals surface area contributed by atoms with E-state index in [-0.39, 0.29) is 5.91 Å². The van der Waals surface area contributed by atoms with Crippen molar-refractivity contribution < 1.29 is 4.79 Å². The van der Waals surface area contributed by atoms with Crippen LogP contribution in [0.15, 0.2) is 12.7 Å². The molecule has 0 spiro atoms. The van der Waals surface area contributed by atoms with Crippen molar-refractivity contribution in [2.45, 2.75) is 41.5 Å². The van der Waals surface area contributed by atoms with Crippen LogP contribution in [0.25, 0.3) is 12.2 Å². The fourth-order valence-electron chi connectivity index (χ4n) is 0.971. The van der Waals surface area contributed by atoms with Gasteiger partial charge in [0, 0.05) is 6.92 Å². The van der Waals surface area contributed by atoms with Crippen molar-refractivity contribution in [2.75, 3.05) is 5.32 Å². The van der Waals surface area contributed by atoms with Crippen LogP contribution in [0.2, 0.25) is 0 Å². The number of thiazole rings is 1. The average Bonchev–Trinajstić information content (AvgIpc) is 2.76. The summed E-state index contributed by atoms with van der Waals surface area (Å²) in [7, 11) is 0. The molecule has 1 heterocycles. The molecule has 0 aliphatic heterocycles. The third kappa shape index (κ3) is 7.01. The van der Waals surface area contributed by atoms with Crippen molar-refractivity contribution in [1.29, 1.82) is 0 Å². The molecule has 102 valence electrons. The van der Waals surface area contributed by atoms with Crippen molar-refractivity contribution >= 4 is 34.5 Å². The van der Waals surface area contributed by atoms with Crippen LogP contribution in [0, 0.1) is 0 Å². The van der Waals surface area contributed by atoms with E-state index in [2.05, 4.69) is 16.9 Å².